The zero-order valence-corrected chi connectivity index (χ0v) is 9.42. The number of benzene rings is 1. The Kier molecular flexibility index (Phi) is 3.15. The Balaban J connectivity index is 2.41. The molecule has 2 aromatic rings. The summed E-state index contributed by atoms with van der Waals surface area (Å²) in [6.07, 6.45) is 5.23. The van der Waals surface area contributed by atoms with Crippen LogP contribution in [0.25, 0.3) is 11.3 Å². The lowest BCUT2D eigenvalue weighted by Crippen LogP contribution is -2.06. The van der Waals surface area contributed by atoms with E-state index < -0.39 is 0 Å². The minimum absolute atomic E-state index is 0.151. The molecule has 0 aliphatic carbocycles. The van der Waals surface area contributed by atoms with Gasteiger partial charge < -0.3 is 4.74 Å². The first kappa shape index (κ1) is 10.6. The number of para-hydroxylation sites is 1. The molecular weight excluding hydrogens is 200 g/mol. The molecule has 2 rings (SSSR count). The predicted molar refractivity (Wildman–Crippen MR) is 63.2 cm³/mol. The largest absolute Gasteiger partial charge is 0.490 e. The lowest BCUT2D eigenvalue weighted by Gasteiger charge is -2.13. The smallest absolute Gasteiger partial charge is 0.129 e. The molecule has 0 aliphatic rings. The van der Waals surface area contributed by atoms with Gasteiger partial charge in [0.05, 0.1) is 18.0 Å². The van der Waals surface area contributed by atoms with E-state index in [1.807, 2.05) is 38.1 Å². The molecule has 1 aromatic carbocycles. The molecule has 3 heteroatoms. The van der Waals surface area contributed by atoms with Crippen LogP contribution >= 0.6 is 0 Å². The minimum atomic E-state index is 0.151. The van der Waals surface area contributed by atoms with Crippen molar-refractivity contribution >= 4 is 0 Å². The molecular formula is C13H14N2O. The van der Waals surface area contributed by atoms with Crippen molar-refractivity contribution in [2.75, 3.05) is 0 Å². The van der Waals surface area contributed by atoms with Crippen LogP contribution in [0.1, 0.15) is 13.8 Å². The summed E-state index contributed by atoms with van der Waals surface area (Å²) in [5.41, 5.74) is 1.81. The summed E-state index contributed by atoms with van der Waals surface area (Å²) in [5, 5.41) is 0. The van der Waals surface area contributed by atoms with E-state index >= 15 is 0 Å². The van der Waals surface area contributed by atoms with Gasteiger partial charge in [-0.05, 0) is 26.0 Å². The molecule has 0 bridgehead atoms. The monoisotopic (exact) mass is 214 g/mol. The van der Waals surface area contributed by atoms with Crippen LogP contribution in [0.3, 0.4) is 0 Å². The molecule has 0 fully saturated rings. The number of rotatable bonds is 3. The van der Waals surface area contributed by atoms with Gasteiger partial charge in [-0.25, -0.2) is 0 Å². The van der Waals surface area contributed by atoms with E-state index in [-0.39, 0.29) is 6.10 Å². The van der Waals surface area contributed by atoms with Gasteiger partial charge in [0.15, 0.2) is 0 Å². The van der Waals surface area contributed by atoms with Crippen LogP contribution in [0, 0.1) is 0 Å². The van der Waals surface area contributed by atoms with Crippen LogP contribution < -0.4 is 4.74 Å². The quantitative estimate of drug-likeness (QED) is 0.788. The highest BCUT2D eigenvalue weighted by atomic mass is 16.5. The Labute approximate surface area is 95.1 Å². The molecule has 0 saturated heterocycles. The van der Waals surface area contributed by atoms with Gasteiger partial charge in [-0.3, -0.25) is 9.97 Å². The van der Waals surface area contributed by atoms with Gasteiger partial charge in [0.25, 0.3) is 0 Å². The summed E-state index contributed by atoms with van der Waals surface area (Å²) in [4.78, 5) is 8.34. The third-order valence-electron chi connectivity index (χ3n) is 2.09. The van der Waals surface area contributed by atoms with E-state index in [9.17, 15) is 0 Å². The molecule has 0 radical (unpaired) electrons. The van der Waals surface area contributed by atoms with Crippen LogP contribution in [0.2, 0.25) is 0 Å². The highest BCUT2D eigenvalue weighted by molar-refractivity contribution is 5.66. The lowest BCUT2D eigenvalue weighted by molar-refractivity contribution is 0.243. The maximum atomic E-state index is 5.73. The van der Waals surface area contributed by atoms with Gasteiger partial charge in [-0.15, -0.1) is 0 Å². The second-order valence-corrected chi connectivity index (χ2v) is 3.75. The Morgan fingerprint density at radius 3 is 2.62 bits per heavy atom. The number of nitrogens with zero attached hydrogens (tertiary/aromatic N) is 2. The molecule has 0 saturated carbocycles. The highest BCUT2D eigenvalue weighted by Crippen LogP contribution is 2.28. The third kappa shape index (κ3) is 2.37. The maximum absolute atomic E-state index is 5.73. The van der Waals surface area contributed by atoms with Gasteiger partial charge in [-0.1, -0.05) is 12.1 Å². The van der Waals surface area contributed by atoms with Crippen molar-refractivity contribution in [3.8, 4) is 17.0 Å². The first-order valence-corrected chi connectivity index (χ1v) is 5.29. The lowest BCUT2D eigenvalue weighted by atomic mass is 10.1. The first-order valence-electron chi connectivity index (χ1n) is 5.29. The molecule has 0 spiro atoms. The molecule has 0 N–H and O–H groups in total. The standard InChI is InChI=1S/C13H14N2O/c1-10(2)16-13-6-4-3-5-11(13)12-9-14-7-8-15-12/h3-10H,1-2H3. The average molecular weight is 214 g/mol. The second-order valence-electron chi connectivity index (χ2n) is 3.75. The van der Waals surface area contributed by atoms with Crippen LogP contribution in [-0.4, -0.2) is 16.1 Å². The fourth-order valence-corrected chi connectivity index (χ4v) is 1.47. The SMILES string of the molecule is CC(C)Oc1ccccc1-c1cnccn1. The number of hydrogen-bond donors (Lipinski definition) is 0. The molecule has 0 amide bonds. The molecule has 0 aliphatic heterocycles. The summed E-state index contributed by atoms with van der Waals surface area (Å²) in [6, 6.07) is 7.86. The van der Waals surface area contributed by atoms with E-state index in [2.05, 4.69) is 9.97 Å². The summed E-state index contributed by atoms with van der Waals surface area (Å²) in [6.45, 7) is 4.01. The zero-order valence-electron chi connectivity index (χ0n) is 9.42. The van der Waals surface area contributed by atoms with Crippen molar-refractivity contribution in [3.63, 3.8) is 0 Å². The van der Waals surface area contributed by atoms with Gasteiger partial charge in [0.1, 0.15) is 5.75 Å². The van der Waals surface area contributed by atoms with Crippen molar-refractivity contribution in [2.24, 2.45) is 0 Å². The highest BCUT2D eigenvalue weighted by Gasteiger charge is 2.07. The van der Waals surface area contributed by atoms with Gasteiger partial charge in [-0.2, -0.15) is 0 Å². The van der Waals surface area contributed by atoms with E-state index in [1.54, 1.807) is 18.6 Å². The fourth-order valence-electron chi connectivity index (χ4n) is 1.47. The van der Waals surface area contributed by atoms with Crippen LogP contribution in [0.4, 0.5) is 0 Å². The molecule has 1 aromatic heterocycles. The summed E-state index contributed by atoms with van der Waals surface area (Å²) < 4.78 is 5.73. The zero-order chi connectivity index (χ0) is 11.4. The third-order valence-corrected chi connectivity index (χ3v) is 2.09. The van der Waals surface area contributed by atoms with E-state index in [0.717, 1.165) is 17.0 Å². The van der Waals surface area contributed by atoms with Crippen molar-refractivity contribution in [1.29, 1.82) is 0 Å². The van der Waals surface area contributed by atoms with Gasteiger partial charge >= 0.3 is 0 Å². The molecule has 82 valence electrons. The Morgan fingerprint density at radius 1 is 1.12 bits per heavy atom. The van der Waals surface area contributed by atoms with Crippen LogP contribution in [0.5, 0.6) is 5.75 Å². The van der Waals surface area contributed by atoms with Crippen molar-refractivity contribution in [3.05, 3.63) is 42.9 Å². The van der Waals surface area contributed by atoms with Crippen LogP contribution in [-0.2, 0) is 0 Å². The molecule has 16 heavy (non-hydrogen) atoms. The molecule has 0 unspecified atom stereocenters. The molecule has 1 heterocycles. The number of hydrogen-bond acceptors (Lipinski definition) is 3. The van der Waals surface area contributed by atoms with E-state index in [4.69, 9.17) is 4.74 Å². The van der Waals surface area contributed by atoms with Gasteiger partial charge in [0, 0.05) is 18.0 Å². The maximum Gasteiger partial charge on any atom is 0.129 e. The average Bonchev–Trinajstić information content (AvgIpc) is 2.30. The minimum Gasteiger partial charge on any atom is -0.490 e. The Morgan fingerprint density at radius 2 is 1.94 bits per heavy atom. The Bertz CT molecular complexity index is 454. The van der Waals surface area contributed by atoms with E-state index in [0.29, 0.717) is 0 Å². The molecule has 0 atom stereocenters. The Hall–Kier alpha value is -1.90. The second kappa shape index (κ2) is 4.75. The van der Waals surface area contributed by atoms with Crippen molar-refractivity contribution in [1.82, 2.24) is 9.97 Å². The molecule has 3 nitrogen and oxygen atoms in total. The van der Waals surface area contributed by atoms with E-state index in [1.165, 1.54) is 0 Å². The first-order chi connectivity index (χ1) is 7.77. The van der Waals surface area contributed by atoms with Gasteiger partial charge in [0.2, 0.25) is 0 Å². The fraction of sp³-hybridized carbons (Fsp3) is 0.231. The summed E-state index contributed by atoms with van der Waals surface area (Å²) in [5.74, 6) is 0.845. The van der Waals surface area contributed by atoms with Crippen LogP contribution in [0.15, 0.2) is 42.9 Å². The van der Waals surface area contributed by atoms with Crippen molar-refractivity contribution < 1.29 is 4.74 Å². The predicted octanol–water partition coefficient (Wildman–Crippen LogP) is 2.93. The summed E-state index contributed by atoms with van der Waals surface area (Å²) >= 11 is 0. The topological polar surface area (TPSA) is 35.0 Å². The van der Waals surface area contributed by atoms with Crippen molar-refractivity contribution in [2.45, 2.75) is 20.0 Å². The summed E-state index contributed by atoms with van der Waals surface area (Å²) in [7, 11) is 0. The number of aromatic nitrogens is 2. The normalized spacial score (nSPS) is 10.4. The number of ether oxygens (including phenoxy) is 1.